The number of hydrogen-bond donors (Lipinski definition) is 0. The smallest absolute Gasteiger partial charge is 0.137 e. The minimum absolute atomic E-state index is 0.884. The molecule has 0 aliphatic rings. The van der Waals surface area contributed by atoms with E-state index in [9.17, 15) is 0 Å². The van der Waals surface area contributed by atoms with Crippen LogP contribution in [0.5, 0.6) is 0 Å². The lowest BCUT2D eigenvalue weighted by atomic mass is 10.0. The van der Waals surface area contributed by atoms with Crippen LogP contribution < -0.4 is 0 Å². The molecule has 0 atom stereocenters. The molecule has 118 valence electrons. The number of nitrogens with zero attached hydrogens (tertiary/aromatic N) is 4. The Kier molecular flexibility index (Phi) is 3.07. The third kappa shape index (κ3) is 2.35. The molecule has 4 nitrogen and oxygen atoms in total. The Hall–Kier alpha value is -3.53. The Labute approximate surface area is 144 Å². The molecule has 1 aromatic carbocycles. The van der Waals surface area contributed by atoms with Gasteiger partial charge in [0.25, 0.3) is 0 Å². The fraction of sp³-hybridized carbons (Fsp3) is 0. The molecule has 5 rings (SSSR count). The molecule has 0 spiro atoms. The van der Waals surface area contributed by atoms with Crippen LogP contribution in [0.25, 0.3) is 38.6 Å². The maximum atomic E-state index is 4.65. The zero-order chi connectivity index (χ0) is 16.6. The maximum Gasteiger partial charge on any atom is 0.137 e. The molecular weight excluding hydrogens is 308 g/mol. The zero-order valence-electron chi connectivity index (χ0n) is 13.4. The van der Waals surface area contributed by atoms with Gasteiger partial charge in [-0.1, -0.05) is 12.1 Å². The molecular formula is C21H14N4. The van der Waals surface area contributed by atoms with Gasteiger partial charge in [-0.25, -0.2) is 4.98 Å². The third-order valence-electron chi connectivity index (χ3n) is 4.46. The van der Waals surface area contributed by atoms with Gasteiger partial charge >= 0.3 is 0 Å². The number of benzene rings is 1. The molecule has 0 fully saturated rings. The molecule has 0 N–H and O–H groups in total. The zero-order valence-corrected chi connectivity index (χ0v) is 13.4. The average molecular weight is 322 g/mol. The van der Waals surface area contributed by atoms with Crippen molar-refractivity contribution >= 4 is 21.7 Å². The fourth-order valence-corrected chi connectivity index (χ4v) is 3.14. The Morgan fingerprint density at radius 2 is 1.48 bits per heavy atom. The number of rotatable bonds is 2. The summed E-state index contributed by atoms with van der Waals surface area (Å²) in [5.41, 5.74) is 3.28. The highest BCUT2D eigenvalue weighted by atomic mass is 15.1. The van der Waals surface area contributed by atoms with Crippen LogP contribution >= 0.6 is 0 Å². The quantitative estimate of drug-likeness (QED) is 0.476. The van der Waals surface area contributed by atoms with Crippen molar-refractivity contribution in [2.45, 2.75) is 0 Å². The van der Waals surface area contributed by atoms with Crippen LogP contribution in [0.15, 0.2) is 85.7 Å². The normalized spacial score (nSPS) is 11.2. The van der Waals surface area contributed by atoms with Gasteiger partial charge in [-0.3, -0.25) is 14.5 Å². The van der Waals surface area contributed by atoms with Gasteiger partial charge in [-0.15, -0.1) is 0 Å². The van der Waals surface area contributed by atoms with Gasteiger partial charge in [0.2, 0.25) is 0 Å². The van der Waals surface area contributed by atoms with Gasteiger partial charge in [-0.2, -0.15) is 0 Å². The van der Waals surface area contributed by atoms with E-state index in [0.717, 1.165) is 33.2 Å². The Morgan fingerprint density at radius 1 is 0.640 bits per heavy atom. The van der Waals surface area contributed by atoms with E-state index in [0.29, 0.717) is 0 Å². The van der Waals surface area contributed by atoms with Gasteiger partial charge in [0, 0.05) is 47.3 Å². The number of pyridine rings is 3. The average Bonchev–Trinajstić information content (AvgIpc) is 3.12. The molecule has 5 aromatic rings. The molecule has 0 aliphatic carbocycles. The van der Waals surface area contributed by atoms with E-state index in [-0.39, 0.29) is 0 Å². The van der Waals surface area contributed by atoms with Crippen molar-refractivity contribution < 1.29 is 0 Å². The number of aromatic nitrogens is 4. The van der Waals surface area contributed by atoms with E-state index >= 15 is 0 Å². The molecule has 4 aromatic heterocycles. The minimum Gasteiger partial charge on any atom is -0.300 e. The molecule has 0 unspecified atom stereocenters. The molecule has 4 heterocycles. The predicted molar refractivity (Wildman–Crippen MR) is 99.6 cm³/mol. The SMILES string of the molecule is c1cc2ccc(-c3ccc(-n4ccc5ccncc54)nc3)cc2cn1. The maximum absolute atomic E-state index is 4.65. The molecule has 25 heavy (non-hydrogen) atoms. The van der Waals surface area contributed by atoms with E-state index in [1.807, 2.05) is 49.2 Å². The van der Waals surface area contributed by atoms with E-state index in [1.165, 1.54) is 5.39 Å². The Bertz CT molecular complexity index is 1190. The second-order valence-electron chi connectivity index (χ2n) is 5.96. The highest BCUT2D eigenvalue weighted by molar-refractivity contribution is 5.86. The molecule has 0 saturated carbocycles. The van der Waals surface area contributed by atoms with Gasteiger partial charge in [0.15, 0.2) is 0 Å². The van der Waals surface area contributed by atoms with Crippen LogP contribution in [-0.4, -0.2) is 19.5 Å². The summed E-state index contributed by atoms with van der Waals surface area (Å²) in [7, 11) is 0. The topological polar surface area (TPSA) is 43.6 Å². The third-order valence-corrected chi connectivity index (χ3v) is 4.46. The molecule has 0 saturated heterocycles. The molecule has 0 radical (unpaired) electrons. The first-order valence-electron chi connectivity index (χ1n) is 8.10. The van der Waals surface area contributed by atoms with Gasteiger partial charge in [0.05, 0.1) is 11.7 Å². The van der Waals surface area contributed by atoms with Gasteiger partial charge in [-0.05, 0) is 47.3 Å². The van der Waals surface area contributed by atoms with Crippen molar-refractivity contribution in [2.24, 2.45) is 0 Å². The van der Waals surface area contributed by atoms with Crippen LogP contribution in [0.2, 0.25) is 0 Å². The monoisotopic (exact) mass is 322 g/mol. The summed E-state index contributed by atoms with van der Waals surface area (Å²) in [5.74, 6) is 0.884. The van der Waals surface area contributed by atoms with Crippen LogP contribution in [0.3, 0.4) is 0 Å². The molecule has 0 bridgehead atoms. The minimum atomic E-state index is 0.884. The van der Waals surface area contributed by atoms with E-state index in [2.05, 4.69) is 49.9 Å². The lowest BCUT2D eigenvalue weighted by Crippen LogP contribution is -1.95. The second-order valence-corrected chi connectivity index (χ2v) is 5.96. The number of fused-ring (bicyclic) bond motifs is 2. The first-order valence-corrected chi connectivity index (χ1v) is 8.10. The first-order chi connectivity index (χ1) is 12.4. The van der Waals surface area contributed by atoms with E-state index in [4.69, 9.17) is 0 Å². The van der Waals surface area contributed by atoms with Crippen LogP contribution in [0.4, 0.5) is 0 Å². The largest absolute Gasteiger partial charge is 0.300 e. The van der Waals surface area contributed by atoms with Gasteiger partial charge in [0.1, 0.15) is 5.82 Å². The summed E-state index contributed by atoms with van der Waals surface area (Å²) >= 11 is 0. The van der Waals surface area contributed by atoms with E-state index < -0.39 is 0 Å². The lowest BCUT2D eigenvalue weighted by Gasteiger charge is -2.07. The standard InChI is InChI=1S/C21H14N4/c1-2-17(11-19-12-22-8-5-15(1)19)18-3-4-21(24-13-18)25-10-7-16-6-9-23-14-20(16)25/h1-14H. The summed E-state index contributed by atoms with van der Waals surface area (Å²) in [6.45, 7) is 0. The summed E-state index contributed by atoms with van der Waals surface area (Å²) in [4.78, 5) is 13.1. The highest BCUT2D eigenvalue weighted by Gasteiger charge is 2.05. The predicted octanol–water partition coefficient (Wildman–Crippen LogP) is 4.64. The van der Waals surface area contributed by atoms with Crippen molar-refractivity contribution in [3.05, 3.63) is 85.7 Å². The van der Waals surface area contributed by atoms with Crippen molar-refractivity contribution in [1.82, 2.24) is 19.5 Å². The summed E-state index contributed by atoms with van der Waals surface area (Å²) < 4.78 is 2.05. The highest BCUT2D eigenvalue weighted by Crippen LogP contribution is 2.25. The van der Waals surface area contributed by atoms with Gasteiger partial charge < -0.3 is 0 Å². The first kappa shape index (κ1) is 13.9. The van der Waals surface area contributed by atoms with Crippen molar-refractivity contribution in [3.63, 3.8) is 0 Å². The van der Waals surface area contributed by atoms with Crippen molar-refractivity contribution in [2.75, 3.05) is 0 Å². The van der Waals surface area contributed by atoms with Crippen LogP contribution in [-0.2, 0) is 0 Å². The van der Waals surface area contributed by atoms with E-state index in [1.54, 1.807) is 6.20 Å². The Balaban J connectivity index is 1.56. The molecule has 0 amide bonds. The summed E-state index contributed by atoms with van der Waals surface area (Å²) in [6, 6.07) is 16.6. The number of hydrogen-bond acceptors (Lipinski definition) is 3. The molecule has 0 aliphatic heterocycles. The van der Waals surface area contributed by atoms with Crippen LogP contribution in [0.1, 0.15) is 0 Å². The summed E-state index contributed by atoms with van der Waals surface area (Å²) in [6.07, 6.45) is 11.3. The lowest BCUT2D eigenvalue weighted by molar-refractivity contribution is 1.04. The van der Waals surface area contributed by atoms with Crippen molar-refractivity contribution in [1.29, 1.82) is 0 Å². The van der Waals surface area contributed by atoms with Crippen molar-refractivity contribution in [3.8, 4) is 16.9 Å². The Morgan fingerprint density at radius 3 is 2.36 bits per heavy atom. The van der Waals surface area contributed by atoms with Crippen LogP contribution in [0, 0.1) is 0 Å². The molecule has 4 heteroatoms. The fourth-order valence-electron chi connectivity index (χ4n) is 3.14. The summed E-state index contributed by atoms with van der Waals surface area (Å²) in [5, 5.41) is 3.48. The second kappa shape index (κ2) is 5.53.